The van der Waals surface area contributed by atoms with Crippen LogP contribution in [-0.4, -0.2) is 38.0 Å². The highest BCUT2D eigenvalue weighted by Gasteiger charge is 2.27. The molecule has 0 spiro atoms. The fraction of sp³-hybridized carbons (Fsp3) is 0.217. The van der Waals surface area contributed by atoms with E-state index in [-0.39, 0.29) is 12.0 Å². The van der Waals surface area contributed by atoms with Gasteiger partial charge >= 0.3 is 0 Å². The van der Waals surface area contributed by atoms with Crippen LogP contribution in [0.4, 0.5) is 0 Å². The fourth-order valence-electron chi connectivity index (χ4n) is 3.86. The van der Waals surface area contributed by atoms with E-state index in [1.165, 1.54) is 0 Å². The van der Waals surface area contributed by atoms with Crippen LogP contribution in [0.25, 0.3) is 10.9 Å². The summed E-state index contributed by atoms with van der Waals surface area (Å²) in [5.41, 5.74) is 3.57. The molecule has 0 aliphatic carbocycles. The Hall–Kier alpha value is -3.38. The van der Waals surface area contributed by atoms with E-state index in [0.29, 0.717) is 31.9 Å². The minimum absolute atomic E-state index is 0.0118. The van der Waals surface area contributed by atoms with E-state index in [4.69, 9.17) is 4.74 Å². The largest absolute Gasteiger partial charge is 0.368 e. The third kappa shape index (κ3) is 3.67. The van der Waals surface area contributed by atoms with Crippen molar-refractivity contribution in [2.45, 2.75) is 25.8 Å². The molecule has 4 heterocycles. The number of para-hydroxylation sites is 1. The lowest BCUT2D eigenvalue weighted by molar-refractivity contribution is 0.00912. The van der Waals surface area contributed by atoms with Gasteiger partial charge in [0.1, 0.15) is 5.69 Å². The number of nitrogens with one attached hydrogen (secondary N) is 1. The van der Waals surface area contributed by atoms with Crippen molar-refractivity contribution in [1.82, 2.24) is 19.4 Å². The molecule has 29 heavy (non-hydrogen) atoms. The van der Waals surface area contributed by atoms with E-state index >= 15 is 0 Å². The van der Waals surface area contributed by atoms with Gasteiger partial charge in [-0.15, -0.1) is 0 Å². The van der Waals surface area contributed by atoms with E-state index < -0.39 is 0 Å². The summed E-state index contributed by atoms with van der Waals surface area (Å²) in [7, 11) is 0. The lowest BCUT2D eigenvalue weighted by Crippen LogP contribution is -2.37. The second-order valence-corrected chi connectivity index (χ2v) is 7.36. The highest BCUT2D eigenvalue weighted by atomic mass is 16.5. The molecule has 0 unspecified atom stereocenters. The molecule has 0 bridgehead atoms. The van der Waals surface area contributed by atoms with Gasteiger partial charge in [0.25, 0.3) is 5.91 Å². The summed E-state index contributed by atoms with van der Waals surface area (Å²) in [6, 6.07) is 19.7. The number of pyridine rings is 1. The molecule has 146 valence electrons. The molecule has 1 N–H and O–H groups in total. The molecule has 3 aromatic heterocycles. The molecule has 6 heteroatoms. The molecule has 0 saturated carbocycles. The van der Waals surface area contributed by atoms with Crippen LogP contribution in [-0.2, 0) is 24.4 Å². The van der Waals surface area contributed by atoms with E-state index in [0.717, 1.165) is 22.3 Å². The van der Waals surface area contributed by atoms with Crippen LogP contribution >= 0.6 is 0 Å². The maximum Gasteiger partial charge on any atom is 0.270 e. The van der Waals surface area contributed by atoms with Crippen molar-refractivity contribution >= 4 is 16.8 Å². The molecule has 0 saturated heterocycles. The first kappa shape index (κ1) is 17.7. The minimum atomic E-state index is -0.112. The Kier molecular flexibility index (Phi) is 4.62. The number of carbonyl (C=O) groups is 1. The predicted molar refractivity (Wildman–Crippen MR) is 110 cm³/mol. The lowest BCUT2D eigenvalue weighted by atomic mass is 10.2. The number of hydrogen-bond acceptors (Lipinski definition) is 3. The standard InChI is InChI=1S/C23H22N4O2/c28-23(22-12-17-6-1-2-9-21(17)25-22)27-13-19-8-5-11-26(19)14-20(15-27)29-16-18-7-3-4-10-24-18/h1-12,20,25H,13-16H2/t20-/m1/s1. The Labute approximate surface area is 168 Å². The summed E-state index contributed by atoms with van der Waals surface area (Å²) in [5, 5.41) is 1.04. The van der Waals surface area contributed by atoms with Crippen LogP contribution < -0.4 is 0 Å². The van der Waals surface area contributed by atoms with Gasteiger partial charge in [0.05, 0.1) is 31.5 Å². The number of aromatic amines is 1. The zero-order valence-electron chi connectivity index (χ0n) is 16.0. The molecule has 5 rings (SSSR count). The first-order chi connectivity index (χ1) is 14.3. The smallest absolute Gasteiger partial charge is 0.270 e. The van der Waals surface area contributed by atoms with Gasteiger partial charge in [-0.1, -0.05) is 24.3 Å². The summed E-state index contributed by atoms with van der Waals surface area (Å²) >= 11 is 0. The highest BCUT2D eigenvalue weighted by molar-refractivity contribution is 5.98. The Morgan fingerprint density at radius 3 is 2.86 bits per heavy atom. The third-order valence-electron chi connectivity index (χ3n) is 5.34. The van der Waals surface area contributed by atoms with Gasteiger partial charge in [-0.25, -0.2) is 0 Å². The van der Waals surface area contributed by atoms with Gasteiger partial charge in [-0.2, -0.15) is 0 Å². The van der Waals surface area contributed by atoms with Crippen molar-refractivity contribution in [1.29, 1.82) is 0 Å². The maximum absolute atomic E-state index is 13.3. The Morgan fingerprint density at radius 2 is 2.00 bits per heavy atom. The van der Waals surface area contributed by atoms with Crippen molar-refractivity contribution in [3.8, 4) is 0 Å². The van der Waals surface area contributed by atoms with Crippen LogP contribution in [0.5, 0.6) is 0 Å². The van der Waals surface area contributed by atoms with E-state index in [2.05, 4.69) is 20.6 Å². The van der Waals surface area contributed by atoms with Crippen LogP contribution in [0.2, 0.25) is 0 Å². The summed E-state index contributed by atoms with van der Waals surface area (Å²) in [6.07, 6.45) is 3.70. The van der Waals surface area contributed by atoms with Crippen LogP contribution in [0.1, 0.15) is 21.9 Å². The quantitative estimate of drug-likeness (QED) is 0.583. The first-order valence-electron chi connectivity index (χ1n) is 9.79. The normalized spacial score (nSPS) is 16.6. The average molecular weight is 386 g/mol. The number of aromatic nitrogens is 3. The average Bonchev–Trinajstić information content (AvgIpc) is 3.34. The number of rotatable bonds is 4. The zero-order valence-corrected chi connectivity index (χ0v) is 16.0. The number of fused-ring (bicyclic) bond motifs is 2. The number of H-pyrrole nitrogens is 1. The van der Waals surface area contributed by atoms with Gasteiger partial charge in [0.2, 0.25) is 0 Å². The van der Waals surface area contributed by atoms with Crippen molar-refractivity contribution < 1.29 is 9.53 Å². The summed E-state index contributed by atoms with van der Waals surface area (Å²) in [5.74, 6) is -0.0118. The zero-order chi connectivity index (χ0) is 19.6. The summed E-state index contributed by atoms with van der Waals surface area (Å²) < 4.78 is 8.33. The van der Waals surface area contributed by atoms with Gasteiger partial charge in [-0.05, 0) is 36.4 Å². The number of hydrogen-bond donors (Lipinski definition) is 1. The Bertz CT molecular complexity index is 1100. The molecule has 0 radical (unpaired) electrons. The second-order valence-electron chi connectivity index (χ2n) is 7.36. The van der Waals surface area contributed by atoms with Gasteiger partial charge in [0, 0.05) is 35.5 Å². The van der Waals surface area contributed by atoms with Crippen LogP contribution in [0.15, 0.2) is 73.1 Å². The molecule has 1 atom stereocenters. The SMILES string of the molecule is O=C(c1cc2ccccc2[nH]1)N1Cc2cccn2C[C@@H](OCc2ccccn2)C1. The highest BCUT2D eigenvalue weighted by Crippen LogP contribution is 2.21. The van der Waals surface area contributed by atoms with Gasteiger partial charge in [0.15, 0.2) is 0 Å². The number of carbonyl (C=O) groups excluding carboxylic acids is 1. The first-order valence-corrected chi connectivity index (χ1v) is 9.79. The second kappa shape index (κ2) is 7.56. The molecule has 4 aromatic rings. The van der Waals surface area contributed by atoms with Gasteiger partial charge in [-0.3, -0.25) is 9.78 Å². The van der Waals surface area contributed by atoms with Crippen molar-refractivity contribution in [3.63, 3.8) is 0 Å². The molecule has 0 fully saturated rings. The molecule has 1 aliphatic rings. The monoisotopic (exact) mass is 386 g/mol. The molecule has 6 nitrogen and oxygen atoms in total. The number of nitrogens with zero attached hydrogens (tertiary/aromatic N) is 3. The van der Waals surface area contributed by atoms with Crippen molar-refractivity contribution in [2.75, 3.05) is 6.54 Å². The molecule has 1 amide bonds. The summed E-state index contributed by atoms with van der Waals surface area (Å²) in [6.45, 7) is 2.23. The molecule has 1 aromatic carbocycles. The van der Waals surface area contributed by atoms with Crippen LogP contribution in [0, 0.1) is 0 Å². The fourth-order valence-corrected chi connectivity index (χ4v) is 3.86. The third-order valence-corrected chi connectivity index (χ3v) is 5.34. The summed E-state index contributed by atoms with van der Waals surface area (Å²) in [4.78, 5) is 22.7. The number of ether oxygens (including phenoxy) is 1. The topological polar surface area (TPSA) is 63.2 Å². The van der Waals surface area contributed by atoms with Crippen LogP contribution in [0.3, 0.4) is 0 Å². The van der Waals surface area contributed by atoms with Crippen molar-refractivity contribution in [3.05, 3.63) is 90.1 Å². The van der Waals surface area contributed by atoms with E-state index in [1.807, 2.05) is 65.7 Å². The number of amides is 1. The molecular formula is C23H22N4O2. The predicted octanol–water partition coefficient (Wildman–Crippen LogP) is 3.61. The minimum Gasteiger partial charge on any atom is -0.368 e. The van der Waals surface area contributed by atoms with E-state index in [1.54, 1.807) is 6.20 Å². The lowest BCUT2D eigenvalue weighted by Gasteiger charge is -2.24. The van der Waals surface area contributed by atoms with Crippen molar-refractivity contribution in [2.24, 2.45) is 0 Å². The van der Waals surface area contributed by atoms with Gasteiger partial charge < -0.3 is 19.2 Å². The molecular weight excluding hydrogens is 364 g/mol. The Balaban J connectivity index is 1.38. The number of benzene rings is 1. The maximum atomic E-state index is 13.3. The van der Waals surface area contributed by atoms with E-state index in [9.17, 15) is 4.79 Å². The Morgan fingerprint density at radius 1 is 1.10 bits per heavy atom. The molecule has 1 aliphatic heterocycles.